The molecule has 2 aromatic carbocycles. The predicted molar refractivity (Wildman–Crippen MR) is 86.5 cm³/mol. The minimum Gasteiger partial charge on any atom is -0.481 e. The molecule has 3 rings (SSSR count). The van der Waals surface area contributed by atoms with Crippen molar-refractivity contribution in [1.82, 2.24) is 0 Å². The van der Waals surface area contributed by atoms with Crippen LogP contribution >= 0.6 is 15.9 Å². The maximum absolute atomic E-state index is 11.5. The fourth-order valence-electron chi connectivity index (χ4n) is 3.09. The van der Waals surface area contributed by atoms with E-state index < -0.39 is 5.97 Å². The Bertz CT molecular complexity index is 649. The van der Waals surface area contributed by atoms with Gasteiger partial charge in [0.15, 0.2) is 0 Å². The van der Waals surface area contributed by atoms with E-state index in [0.717, 1.165) is 22.9 Å². The lowest BCUT2D eigenvalue weighted by molar-refractivity contribution is -0.142. The van der Waals surface area contributed by atoms with Crippen LogP contribution in [-0.2, 0) is 17.6 Å². The second-order valence-corrected chi connectivity index (χ2v) is 6.62. The molecular weight excluding hydrogens is 328 g/mol. The standard InChI is InChI=1S/C18H17BrO2/c19-16-7-5-12(6-8-16)9-15(18(20)21)11-14-10-13-3-1-2-4-17(13)14/h1-8,14-15H,9-11H2,(H,20,21). The Morgan fingerprint density at radius 3 is 2.57 bits per heavy atom. The van der Waals surface area contributed by atoms with Crippen LogP contribution in [0.3, 0.4) is 0 Å². The fourth-order valence-corrected chi connectivity index (χ4v) is 3.36. The van der Waals surface area contributed by atoms with Gasteiger partial charge in [-0.05, 0) is 54.0 Å². The van der Waals surface area contributed by atoms with E-state index in [4.69, 9.17) is 0 Å². The Morgan fingerprint density at radius 2 is 1.90 bits per heavy atom. The Kier molecular flexibility index (Phi) is 4.11. The fraction of sp³-hybridized carbons (Fsp3) is 0.278. The third-order valence-electron chi connectivity index (χ3n) is 4.27. The summed E-state index contributed by atoms with van der Waals surface area (Å²) in [7, 11) is 0. The summed E-state index contributed by atoms with van der Waals surface area (Å²) in [5.41, 5.74) is 3.79. The van der Waals surface area contributed by atoms with E-state index >= 15 is 0 Å². The van der Waals surface area contributed by atoms with E-state index in [1.807, 2.05) is 36.4 Å². The van der Waals surface area contributed by atoms with Gasteiger partial charge in [-0.3, -0.25) is 4.79 Å². The summed E-state index contributed by atoms with van der Waals surface area (Å²) in [4.78, 5) is 11.5. The predicted octanol–water partition coefficient (Wildman–Crippen LogP) is 4.42. The first-order chi connectivity index (χ1) is 10.1. The van der Waals surface area contributed by atoms with Gasteiger partial charge in [0, 0.05) is 4.47 Å². The number of carboxylic acids is 1. The number of halogens is 1. The Morgan fingerprint density at radius 1 is 1.19 bits per heavy atom. The minimum absolute atomic E-state index is 0.315. The molecule has 0 saturated carbocycles. The average Bonchev–Trinajstić information content (AvgIpc) is 2.45. The van der Waals surface area contributed by atoms with Crippen LogP contribution in [0.1, 0.15) is 29.0 Å². The first-order valence-corrected chi connectivity index (χ1v) is 7.98. The first-order valence-electron chi connectivity index (χ1n) is 7.18. The molecule has 0 amide bonds. The molecule has 2 aromatic rings. The molecular formula is C18H17BrO2. The lowest BCUT2D eigenvalue weighted by atomic mass is 9.72. The van der Waals surface area contributed by atoms with Gasteiger partial charge in [0.25, 0.3) is 0 Å². The summed E-state index contributed by atoms with van der Waals surface area (Å²) < 4.78 is 1.02. The molecule has 0 radical (unpaired) electrons. The van der Waals surface area contributed by atoms with Crippen LogP contribution in [0.4, 0.5) is 0 Å². The Hall–Kier alpha value is -1.61. The Balaban J connectivity index is 1.69. The molecule has 108 valence electrons. The lowest BCUT2D eigenvalue weighted by Crippen LogP contribution is -2.25. The summed E-state index contributed by atoms with van der Waals surface area (Å²) in [6, 6.07) is 16.3. The van der Waals surface area contributed by atoms with E-state index in [0.29, 0.717) is 12.3 Å². The quantitative estimate of drug-likeness (QED) is 0.871. The summed E-state index contributed by atoms with van der Waals surface area (Å²) in [6.07, 6.45) is 2.34. The highest BCUT2D eigenvalue weighted by atomic mass is 79.9. The molecule has 1 aliphatic carbocycles. The van der Waals surface area contributed by atoms with Gasteiger partial charge in [-0.2, -0.15) is 0 Å². The highest BCUT2D eigenvalue weighted by Gasteiger charge is 2.30. The SMILES string of the molecule is O=C(O)C(Cc1ccc(Br)cc1)CC1Cc2ccccc21. The van der Waals surface area contributed by atoms with Crippen molar-refractivity contribution in [2.75, 3.05) is 0 Å². The van der Waals surface area contributed by atoms with Gasteiger partial charge in [0.1, 0.15) is 0 Å². The van der Waals surface area contributed by atoms with Crippen molar-refractivity contribution in [2.24, 2.45) is 5.92 Å². The average molecular weight is 345 g/mol. The van der Waals surface area contributed by atoms with E-state index in [1.165, 1.54) is 11.1 Å². The van der Waals surface area contributed by atoms with Gasteiger partial charge >= 0.3 is 5.97 Å². The van der Waals surface area contributed by atoms with Gasteiger partial charge in [-0.15, -0.1) is 0 Å². The molecule has 1 N–H and O–H groups in total. The van der Waals surface area contributed by atoms with Crippen molar-refractivity contribution in [3.8, 4) is 0 Å². The van der Waals surface area contributed by atoms with E-state index in [2.05, 4.69) is 28.1 Å². The van der Waals surface area contributed by atoms with E-state index in [1.54, 1.807) is 0 Å². The first kappa shape index (κ1) is 14.3. The molecule has 0 saturated heterocycles. The third-order valence-corrected chi connectivity index (χ3v) is 4.80. The van der Waals surface area contributed by atoms with Crippen molar-refractivity contribution in [1.29, 1.82) is 0 Å². The topological polar surface area (TPSA) is 37.3 Å². The van der Waals surface area contributed by atoms with Gasteiger partial charge in [-0.1, -0.05) is 52.3 Å². The second kappa shape index (κ2) is 6.02. The molecule has 0 heterocycles. The zero-order chi connectivity index (χ0) is 14.8. The van der Waals surface area contributed by atoms with Crippen LogP contribution in [-0.4, -0.2) is 11.1 Å². The number of carbonyl (C=O) groups is 1. The van der Waals surface area contributed by atoms with Crippen LogP contribution in [0, 0.1) is 5.92 Å². The molecule has 0 bridgehead atoms. The van der Waals surface area contributed by atoms with Crippen LogP contribution in [0.15, 0.2) is 53.0 Å². The van der Waals surface area contributed by atoms with Crippen molar-refractivity contribution < 1.29 is 9.90 Å². The number of carboxylic acid groups (broad SMARTS) is 1. The molecule has 21 heavy (non-hydrogen) atoms. The summed E-state index contributed by atoms with van der Waals surface area (Å²) >= 11 is 3.40. The maximum atomic E-state index is 11.5. The number of fused-ring (bicyclic) bond motifs is 1. The largest absolute Gasteiger partial charge is 0.481 e. The van der Waals surface area contributed by atoms with Gasteiger partial charge in [0.2, 0.25) is 0 Å². The van der Waals surface area contributed by atoms with Crippen LogP contribution in [0.25, 0.3) is 0 Å². The normalized spacial score (nSPS) is 17.7. The number of rotatable bonds is 5. The molecule has 0 fully saturated rings. The summed E-state index contributed by atoms with van der Waals surface area (Å²) in [5, 5.41) is 9.50. The molecule has 3 heteroatoms. The minimum atomic E-state index is -0.692. The molecule has 0 spiro atoms. The highest BCUT2D eigenvalue weighted by Crippen LogP contribution is 2.39. The van der Waals surface area contributed by atoms with Gasteiger partial charge < -0.3 is 5.11 Å². The number of aliphatic carboxylic acids is 1. The van der Waals surface area contributed by atoms with Crippen LogP contribution in [0.2, 0.25) is 0 Å². The van der Waals surface area contributed by atoms with E-state index in [9.17, 15) is 9.90 Å². The lowest BCUT2D eigenvalue weighted by Gasteiger charge is -2.32. The molecule has 2 nitrogen and oxygen atoms in total. The molecule has 0 aromatic heterocycles. The van der Waals surface area contributed by atoms with Crippen molar-refractivity contribution in [3.05, 3.63) is 69.7 Å². The summed E-state index contributed by atoms with van der Waals surface area (Å²) in [6.45, 7) is 0. The third kappa shape index (κ3) is 3.18. The zero-order valence-corrected chi connectivity index (χ0v) is 13.2. The van der Waals surface area contributed by atoms with Crippen molar-refractivity contribution in [2.45, 2.75) is 25.2 Å². The number of benzene rings is 2. The number of hydrogen-bond acceptors (Lipinski definition) is 1. The van der Waals surface area contributed by atoms with Crippen molar-refractivity contribution >= 4 is 21.9 Å². The van der Waals surface area contributed by atoms with Crippen LogP contribution in [0.5, 0.6) is 0 Å². The van der Waals surface area contributed by atoms with Gasteiger partial charge in [0.05, 0.1) is 5.92 Å². The zero-order valence-electron chi connectivity index (χ0n) is 11.6. The molecule has 0 aliphatic heterocycles. The molecule has 2 unspecified atom stereocenters. The Labute approximate surface area is 132 Å². The molecule has 1 aliphatic rings. The summed E-state index contributed by atoms with van der Waals surface area (Å²) in [5.74, 6) is -0.607. The van der Waals surface area contributed by atoms with E-state index in [-0.39, 0.29) is 5.92 Å². The maximum Gasteiger partial charge on any atom is 0.306 e. The number of hydrogen-bond donors (Lipinski definition) is 1. The second-order valence-electron chi connectivity index (χ2n) is 5.70. The molecule has 2 atom stereocenters. The van der Waals surface area contributed by atoms with Gasteiger partial charge in [-0.25, -0.2) is 0 Å². The smallest absolute Gasteiger partial charge is 0.306 e. The van der Waals surface area contributed by atoms with Crippen LogP contribution < -0.4 is 0 Å². The highest BCUT2D eigenvalue weighted by molar-refractivity contribution is 9.10. The monoisotopic (exact) mass is 344 g/mol. The van der Waals surface area contributed by atoms with Crippen molar-refractivity contribution in [3.63, 3.8) is 0 Å².